The Morgan fingerprint density at radius 1 is 1.44 bits per heavy atom. The minimum atomic E-state index is -0.261. The molecule has 94 valence electrons. The van der Waals surface area contributed by atoms with Crippen molar-refractivity contribution in [1.29, 1.82) is 5.41 Å². The van der Waals surface area contributed by atoms with Crippen LogP contribution in [0, 0.1) is 5.41 Å². The van der Waals surface area contributed by atoms with E-state index in [1.54, 1.807) is 13.2 Å². The minimum Gasteiger partial charge on any atom is -0.495 e. The molecule has 2 N–H and O–H groups in total. The Morgan fingerprint density at radius 2 is 2.17 bits per heavy atom. The summed E-state index contributed by atoms with van der Waals surface area (Å²) in [4.78, 5) is 12.0. The number of thioether (sulfide) groups is 1. The van der Waals surface area contributed by atoms with Crippen LogP contribution in [0.2, 0.25) is 0 Å². The van der Waals surface area contributed by atoms with Crippen LogP contribution in [-0.4, -0.2) is 18.2 Å². The zero-order chi connectivity index (χ0) is 13.3. The first-order chi connectivity index (χ1) is 8.51. The highest BCUT2D eigenvalue weighted by Gasteiger charge is 2.23. The van der Waals surface area contributed by atoms with Gasteiger partial charge in [-0.25, -0.2) is 0 Å². The molecule has 1 saturated heterocycles. The molecule has 0 aromatic heterocycles. The van der Waals surface area contributed by atoms with Crippen molar-refractivity contribution in [3.8, 4) is 5.75 Å². The van der Waals surface area contributed by atoms with Crippen LogP contribution in [-0.2, 0) is 4.79 Å². The van der Waals surface area contributed by atoms with Crippen molar-refractivity contribution in [2.45, 2.75) is 0 Å². The quantitative estimate of drug-likeness (QED) is 0.760. The van der Waals surface area contributed by atoms with E-state index in [9.17, 15) is 4.79 Å². The van der Waals surface area contributed by atoms with Crippen LogP contribution in [0.25, 0.3) is 6.08 Å². The second kappa shape index (κ2) is 5.46. The van der Waals surface area contributed by atoms with E-state index >= 15 is 0 Å². The number of rotatable bonds is 2. The van der Waals surface area contributed by atoms with Gasteiger partial charge in [0.25, 0.3) is 5.91 Å². The molecule has 18 heavy (non-hydrogen) atoms. The molecule has 0 radical (unpaired) electrons. The number of nitrogens with one attached hydrogen (secondary N) is 2. The number of carbonyl (C=O) groups is 1. The van der Waals surface area contributed by atoms with Crippen molar-refractivity contribution in [2.24, 2.45) is 0 Å². The summed E-state index contributed by atoms with van der Waals surface area (Å²) in [5.74, 6) is 0.390. The summed E-state index contributed by atoms with van der Waals surface area (Å²) in [6, 6.07) is 3.72. The highest BCUT2D eigenvalue weighted by Crippen LogP contribution is 2.36. The van der Waals surface area contributed by atoms with E-state index in [1.807, 2.05) is 12.1 Å². The second-order valence-corrected chi connectivity index (χ2v) is 6.23. The SMILES string of the molecule is COc1c(Br)cc(Br)cc1/C=C1/SC(=N)NC1=O. The summed E-state index contributed by atoms with van der Waals surface area (Å²) in [5, 5.41) is 9.97. The van der Waals surface area contributed by atoms with Gasteiger partial charge in [-0.2, -0.15) is 0 Å². The van der Waals surface area contributed by atoms with E-state index in [2.05, 4.69) is 37.2 Å². The van der Waals surface area contributed by atoms with Gasteiger partial charge in [-0.05, 0) is 45.9 Å². The Balaban J connectivity index is 2.48. The monoisotopic (exact) mass is 390 g/mol. The van der Waals surface area contributed by atoms with E-state index in [0.717, 1.165) is 26.3 Å². The second-order valence-electron chi connectivity index (χ2n) is 3.40. The molecule has 0 bridgehead atoms. The van der Waals surface area contributed by atoms with Gasteiger partial charge in [0.15, 0.2) is 5.17 Å². The van der Waals surface area contributed by atoms with Gasteiger partial charge in [0.2, 0.25) is 0 Å². The first-order valence-corrected chi connectivity index (χ1v) is 7.24. The number of ether oxygens (including phenoxy) is 1. The maximum atomic E-state index is 11.6. The van der Waals surface area contributed by atoms with Crippen LogP contribution in [0.15, 0.2) is 26.0 Å². The van der Waals surface area contributed by atoms with Crippen molar-refractivity contribution in [2.75, 3.05) is 7.11 Å². The molecule has 1 aromatic carbocycles. The molecule has 1 heterocycles. The molecule has 1 fully saturated rings. The summed E-state index contributed by atoms with van der Waals surface area (Å²) >= 11 is 7.89. The largest absolute Gasteiger partial charge is 0.495 e. The molecule has 1 amide bonds. The van der Waals surface area contributed by atoms with Crippen molar-refractivity contribution >= 4 is 60.8 Å². The van der Waals surface area contributed by atoms with E-state index in [0.29, 0.717) is 10.7 Å². The number of amides is 1. The van der Waals surface area contributed by atoms with Crippen molar-refractivity contribution < 1.29 is 9.53 Å². The van der Waals surface area contributed by atoms with Crippen LogP contribution in [0.5, 0.6) is 5.75 Å². The summed E-state index contributed by atoms with van der Waals surface area (Å²) in [5.41, 5.74) is 0.770. The van der Waals surface area contributed by atoms with Gasteiger partial charge in [0.1, 0.15) is 5.75 Å². The van der Waals surface area contributed by atoms with Gasteiger partial charge in [-0.15, -0.1) is 0 Å². The number of methoxy groups -OCH3 is 1. The Bertz CT molecular complexity index is 572. The Morgan fingerprint density at radius 3 is 2.72 bits per heavy atom. The Hall–Kier alpha value is -0.790. The predicted octanol–water partition coefficient (Wildman–Crippen LogP) is 3.36. The molecule has 1 aromatic rings. The zero-order valence-electron chi connectivity index (χ0n) is 9.21. The minimum absolute atomic E-state index is 0.138. The van der Waals surface area contributed by atoms with Crippen LogP contribution in [0.3, 0.4) is 0 Å². The van der Waals surface area contributed by atoms with Gasteiger partial charge in [0, 0.05) is 10.0 Å². The van der Waals surface area contributed by atoms with Gasteiger partial charge in [-0.1, -0.05) is 15.9 Å². The van der Waals surface area contributed by atoms with Crippen LogP contribution in [0.1, 0.15) is 5.56 Å². The third-order valence-electron chi connectivity index (χ3n) is 2.19. The first-order valence-electron chi connectivity index (χ1n) is 4.83. The van der Waals surface area contributed by atoms with E-state index in [4.69, 9.17) is 10.1 Å². The summed E-state index contributed by atoms with van der Waals surface area (Å²) in [6.07, 6.45) is 1.70. The molecule has 0 unspecified atom stereocenters. The summed E-state index contributed by atoms with van der Waals surface area (Å²) in [7, 11) is 1.57. The van der Waals surface area contributed by atoms with Gasteiger partial charge in [-0.3, -0.25) is 10.2 Å². The number of hydrogen-bond acceptors (Lipinski definition) is 4. The number of benzene rings is 1. The average Bonchev–Trinajstić information content (AvgIpc) is 2.57. The van der Waals surface area contributed by atoms with Crippen molar-refractivity contribution in [3.63, 3.8) is 0 Å². The van der Waals surface area contributed by atoms with E-state index in [-0.39, 0.29) is 11.1 Å². The fraction of sp³-hybridized carbons (Fsp3) is 0.0909. The van der Waals surface area contributed by atoms with Crippen LogP contribution in [0.4, 0.5) is 0 Å². The van der Waals surface area contributed by atoms with Crippen molar-refractivity contribution in [1.82, 2.24) is 5.32 Å². The van der Waals surface area contributed by atoms with Crippen molar-refractivity contribution in [3.05, 3.63) is 31.5 Å². The smallest absolute Gasteiger partial charge is 0.264 e. The molecule has 7 heteroatoms. The lowest BCUT2D eigenvalue weighted by Gasteiger charge is -2.08. The molecule has 1 aliphatic heterocycles. The molecule has 0 atom stereocenters. The molecule has 1 aliphatic rings. The number of amidine groups is 1. The van der Waals surface area contributed by atoms with Gasteiger partial charge in [0.05, 0.1) is 16.5 Å². The number of hydrogen-bond donors (Lipinski definition) is 2. The third-order valence-corrected chi connectivity index (χ3v) is 4.07. The molecule has 0 aliphatic carbocycles. The van der Waals surface area contributed by atoms with Gasteiger partial charge >= 0.3 is 0 Å². The average molecular weight is 392 g/mol. The third kappa shape index (κ3) is 2.78. The van der Waals surface area contributed by atoms with Crippen LogP contribution >= 0.6 is 43.6 Å². The molecule has 4 nitrogen and oxygen atoms in total. The normalized spacial score (nSPS) is 17.2. The lowest BCUT2D eigenvalue weighted by molar-refractivity contribution is -0.115. The van der Waals surface area contributed by atoms with E-state index in [1.165, 1.54) is 0 Å². The molecule has 0 spiro atoms. The lowest BCUT2D eigenvalue weighted by atomic mass is 10.2. The predicted molar refractivity (Wildman–Crippen MR) is 79.8 cm³/mol. The maximum Gasteiger partial charge on any atom is 0.264 e. The van der Waals surface area contributed by atoms with E-state index < -0.39 is 0 Å². The summed E-state index contributed by atoms with van der Waals surface area (Å²) < 4.78 is 6.97. The topological polar surface area (TPSA) is 62.2 Å². The fourth-order valence-electron chi connectivity index (χ4n) is 1.49. The highest BCUT2D eigenvalue weighted by atomic mass is 79.9. The first kappa shape index (κ1) is 13.6. The standard InChI is InChI=1S/C11H8Br2N2O2S/c1-17-9-5(2-6(12)4-7(9)13)3-8-10(16)15-11(14)18-8/h2-4H,1H3,(H2,14,15,16)/b8-3+. The van der Waals surface area contributed by atoms with Crippen LogP contribution < -0.4 is 10.1 Å². The molecular formula is C11H8Br2N2O2S. The number of halogens is 2. The Kier molecular flexibility index (Phi) is 4.14. The van der Waals surface area contributed by atoms with Gasteiger partial charge < -0.3 is 10.1 Å². The molecule has 2 rings (SSSR count). The number of carbonyl (C=O) groups excluding carboxylic acids is 1. The zero-order valence-corrected chi connectivity index (χ0v) is 13.2. The highest BCUT2D eigenvalue weighted by molar-refractivity contribution is 9.11. The molecular weight excluding hydrogens is 384 g/mol. The fourth-order valence-corrected chi connectivity index (χ4v) is 3.60. The maximum absolute atomic E-state index is 11.6. The molecule has 0 saturated carbocycles. The Labute approximate surface area is 125 Å². The lowest BCUT2D eigenvalue weighted by Crippen LogP contribution is -2.18. The summed E-state index contributed by atoms with van der Waals surface area (Å²) in [6.45, 7) is 0.